The van der Waals surface area contributed by atoms with Gasteiger partial charge in [0.2, 0.25) is 0 Å². The first-order valence-corrected chi connectivity index (χ1v) is 9.15. The Hall–Kier alpha value is -3.04. The number of anilines is 2. The van der Waals surface area contributed by atoms with Crippen molar-refractivity contribution in [1.29, 1.82) is 0 Å². The summed E-state index contributed by atoms with van der Waals surface area (Å²) in [5, 5.41) is 6.11. The van der Waals surface area contributed by atoms with Crippen molar-refractivity contribution >= 4 is 33.9 Å². The molecule has 134 valence electrons. The van der Waals surface area contributed by atoms with Crippen LogP contribution in [0.15, 0.2) is 79.0 Å². The van der Waals surface area contributed by atoms with E-state index in [1.54, 1.807) is 6.20 Å². The Morgan fingerprint density at radius 3 is 2.70 bits per heavy atom. The van der Waals surface area contributed by atoms with Crippen molar-refractivity contribution in [3.63, 3.8) is 0 Å². The lowest BCUT2D eigenvalue weighted by Gasteiger charge is -2.12. The summed E-state index contributed by atoms with van der Waals surface area (Å²) in [5.41, 5.74) is 3.20. The fourth-order valence-electron chi connectivity index (χ4n) is 3.01. The van der Waals surface area contributed by atoms with E-state index >= 15 is 0 Å². The number of benzene rings is 3. The minimum Gasteiger partial charge on any atom is -0.487 e. The summed E-state index contributed by atoms with van der Waals surface area (Å²) in [5.74, 6) is 1.46. The zero-order valence-electron chi connectivity index (χ0n) is 14.9. The Balaban J connectivity index is 1.51. The number of nitrogens with one attached hydrogen (secondary N) is 1. The third-order valence-corrected chi connectivity index (χ3v) is 4.64. The fourth-order valence-corrected chi connectivity index (χ4v) is 3.25. The van der Waals surface area contributed by atoms with E-state index in [1.807, 2.05) is 54.6 Å². The first-order chi connectivity index (χ1) is 13.2. The van der Waals surface area contributed by atoms with Crippen LogP contribution < -0.4 is 10.1 Å². The molecule has 4 rings (SSSR count). The molecule has 1 aromatic heterocycles. The van der Waals surface area contributed by atoms with Crippen LogP contribution in [-0.2, 0) is 6.61 Å². The van der Waals surface area contributed by atoms with Gasteiger partial charge in [-0.3, -0.25) is 0 Å². The lowest BCUT2D eigenvalue weighted by atomic mass is 10.1. The maximum Gasteiger partial charge on any atom is 0.138 e. The van der Waals surface area contributed by atoms with Crippen LogP contribution in [0.2, 0.25) is 5.02 Å². The topological polar surface area (TPSA) is 34.1 Å². The zero-order valence-corrected chi connectivity index (χ0v) is 15.7. The van der Waals surface area contributed by atoms with Gasteiger partial charge in [-0.15, -0.1) is 0 Å². The van der Waals surface area contributed by atoms with Gasteiger partial charge in [0.05, 0.1) is 5.02 Å². The van der Waals surface area contributed by atoms with Crippen molar-refractivity contribution in [2.24, 2.45) is 0 Å². The molecule has 0 fully saturated rings. The average molecular weight is 375 g/mol. The van der Waals surface area contributed by atoms with Crippen molar-refractivity contribution < 1.29 is 4.74 Å². The number of fused-ring (bicyclic) bond motifs is 1. The number of aryl methyl sites for hydroxylation is 1. The van der Waals surface area contributed by atoms with Gasteiger partial charge in [-0.25, -0.2) is 4.98 Å². The number of nitrogens with zero attached hydrogens (tertiary/aromatic N) is 1. The second-order valence-corrected chi connectivity index (χ2v) is 6.84. The highest BCUT2D eigenvalue weighted by molar-refractivity contribution is 6.32. The SMILES string of the molecule is Cc1cccc(COc2ccc(Nc3nccc4ccccc34)cc2Cl)c1. The van der Waals surface area contributed by atoms with E-state index in [9.17, 15) is 0 Å². The number of pyridine rings is 1. The molecule has 0 atom stereocenters. The normalized spacial score (nSPS) is 10.7. The monoisotopic (exact) mass is 374 g/mol. The number of hydrogen-bond donors (Lipinski definition) is 1. The van der Waals surface area contributed by atoms with E-state index in [-0.39, 0.29) is 0 Å². The van der Waals surface area contributed by atoms with Crippen LogP contribution >= 0.6 is 11.6 Å². The van der Waals surface area contributed by atoms with Gasteiger partial charge in [0.1, 0.15) is 18.2 Å². The molecule has 0 spiro atoms. The molecule has 4 aromatic rings. The molecule has 0 aliphatic heterocycles. The van der Waals surface area contributed by atoms with Crippen LogP contribution in [0.4, 0.5) is 11.5 Å². The molecule has 0 saturated carbocycles. The molecule has 27 heavy (non-hydrogen) atoms. The van der Waals surface area contributed by atoms with Crippen LogP contribution in [0.25, 0.3) is 10.8 Å². The third-order valence-electron chi connectivity index (χ3n) is 4.35. The van der Waals surface area contributed by atoms with Crippen molar-refractivity contribution in [1.82, 2.24) is 4.98 Å². The molecule has 0 amide bonds. The molecule has 0 radical (unpaired) electrons. The molecule has 0 unspecified atom stereocenters. The summed E-state index contributed by atoms with van der Waals surface area (Å²) in [6.45, 7) is 2.55. The van der Waals surface area contributed by atoms with Gasteiger partial charge in [0.25, 0.3) is 0 Å². The lowest BCUT2D eigenvalue weighted by molar-refractivity contribution is 0.306. The maximum absolute atomic E-state index is 6.43. The Kier molecular flexibility index (Phi) is 4.95. The standard InChI is InChI=1S/C23H19ClN2O/c1-16-5-4-6-17(13-16)15-27-22-10-9-19(14-21(22)24)26-23-20-8-3-2-7-18(20)11-12-25-23/h2-14H,15H2,1H3,(H,25,26). The molecule has 0 bridgehead atoms. The second-order valence-electron chi connectivity index (χ2n) is 6.43. The van der Waals surface area contributed by atoms with Crippen LogP contribution in [0.1, 0.15) is 11.1 Å². The predicted octanol–water partition coefficient (Wildman–Crippen LogP) is 6.52. The van der Waals surface area contributed by atoms with E-state index in [1.165, 1.54) is 5.56 Å². The van der Waals surface area contributed by atoms with Crippen molar-refractivity contribution in [3.05, 3.63) is 95.1 Å². The van der Waals surface area contributed by atoms with Gasteiger partial charge in [-0.2, -0.15) is 0 Å². The Morgan fingerprint density at radius 1 is 0.963 bits per heavy atom. The molecule has 3 nitrogen and oxygen atoms in total. The third kappa shape index (κ3) is 4.04. The summed E-state index contributed by atoms with van der Waals surface area (Å²) in [4.78, 5) is 4.45. The van der Waals surface area contributed by atoms with Crippen LogP contribution in [-0.4, -0.2) is 4.98 Å². The van der Waals surface area contributed by atoms with E-state index < -0.39 is 0 Å². The fraction of sp³-hybridized carbons (Fsp3) is 0.0870. The predicted molar refractivity (Wildman–Crippen MR) is 112 cm³/mol. The molecule has 1 N–H and O–H groups in total. The van der Waals surface area contributed by atoms with Crippen LogP contribution in [0, 0.1) is 6.92 Å². The van der Waals surface area contributed by atoms with Crippen LogP contribution in [0.3, 0.4) is 0 Å². The van der Waals surface area contributed by atoms with Crippen molar-refractivity contribution in [2.75, 3.05) is 5.32 Å². The highest BCUT2D eigenvalue weighted by Gasteiger charge is 2.07. The highest BCUT2D eigenvalue weighted by Crippen LogP contribution is 2.31. The van der Waals surface area contributed by atoms with Gasteiger partial charge >= 0.3 is 0 Å². The quantitative estimate of drug-likeness (QED) is 0.431. The largest absolute Gasteiger partial charge is 0.487 e. The second kappa shape index (κ2) is 7.68. The number of ether oxygens (including phenoxy) is 1. The van der Waals surface area contributed by atoms with Gasteiger partial charge in [0, 0.05) is 17.3 Å². The van der Waals surface area contributed by atoms with Gasteiger partial charge in [-0.05, 0) is 42.1 Å². The first kappa shape index (κ1) is 17.4. The zero-order chi connectivity index (χ0) is 18.6. The highest BCUT2D eigenvalue weighted by atomic mass is 35.5. The van der Waals surface area contributed by atoms with Gasteiger partial charge < -0.3 is 10.1 Å². The van der Waals surface area contributed by atoms with Crippen molar-refractivity contribution in [2.45, 2.75) is 13.5 Å². The van der Waals surface area contributed by atoms with Gasteiger partial charge in [0.15, 0.2) is 0 Å². The molecule has 0 aliphatic carbocycles. The Bertz CT molecular complexity index is 1090. The minimum absolute atomic E-state index is 0.485. The summed E-state index contributed by atoms with van der Waals surface area (Å²) in [7, 11) is 0. The van der Waals surface area contributed by atoms with E-state index in [2.05, 4.69) is 35.4 Å². The summed E-state index contributed by atoms with van der Waals surface area (Å²) in [6.07, 6.45) is 1.80. The minimum atomic E-state index is 0.485. The molecule has 3 aromatic carbocycles. The smallest absolute Gasteiger partial charge is 0.138 e. The van der Waals surface area contributed by atoms with Crippen molar-refractivity contribution in [3.8, 4) is 5.75 Å². The average Bonchev–Trinajstić information content (AvgIpc) is 2.68. The summed E-state index contributed by atoms with van der Waals surface area (Å²) in [6, 6.07) is 24.1. The summed E-state index contributed by atoms with van der Waals surface area (Å²) >= 11 is 6.43. The summed E-state index contributed by atoms with van der Waals surface area (Å²) < 4.78 is 5.88. The van der Waals surface area contributed by atoms with E-state index in [4.69, 9.17) is 16.3 Å². The first-order valence-electron chi connectivity index (χ1n) is 8.78. The van der Waals surface area contributed by atoms with Crippen LogP contribution in [0.5, 0.6) is 5.75 Å². The lowest BCUT2D eigenvalue weighted by Crippen LogP contribution is -1.98. The molecular formula is C23H19ClN2O. The number of aromatic nitrogens is 1. The Labute approximate surface area is 163 Å². The van der Waals surface area contributed by atoms with E-state index in [0.29, 0.717) is 17.4 Å². The number of hydrogen-bond acceptors (Lipinski definition) is 3. The number of rotatable bonds is 5. The maximum atomic E-state index is 6.43. The Morgan fingerprint density at radius 2 is 1.85 bits per heavy atom. The number of halogens is 1. The molecule has 0 saturated heterocycles. The van der Waals surface area contributed by atoms with Gasteiger partial charge in [-0.1, -0.05) is 65.7 Å². The van der Waals surface area contributed by atoms with E-state index in [0.717, 1.165) is 27.8 Å². The molecule has 4 heteroatoms. The molecular weight excluding hydrogens is 356 g/mol. The molecule has 1 heterocycles. The molecule has 0 aliphatic rings.